The number of hydrogen-bond donors (Lipinski definition) is 2. The molecule has 142 valence electrons. The van der Waals surface area contributed by atoms with Crippen molar-refractivity contribution in [2.24, 2.45) is 0 Å². The Morgan fingerprint density at radius 2 is 1.89 bits per heavy atom. The molecule has 28 heavy (non-hydrogen) atoms. The van der Waals surface area contributed by atoms with Crippen LogP contribution in [0.15, 0.2) is 30.3 Å². The number of para-hydroxylation sites is 1. The highest BCUT2D eigenvalue weighted by Crippen LogP contribution is 2.40. The summed E-state index contributed by atoms with van der Waals surface area (Å²) in [7, 11) is 0. The Morgan fingerprint density at radius 1 is 1.11 bits per heavy atom. The third kappa shape index (κ3) is 3.00. The number of aromatic nitrogens is 4. The van der Waals surface area contributed by atoms with Crippen LogP contribution in [0.4, 0.5) is 5.82 Å². The van der Waals surface area contributed by atoms with Crippen LogP contribution in [-0.2, 0) is 0 Å². The lowest BCUT2D eigenvalue weighted by atomic mass is 10.1. The van der Waals surface area contributed by atoms with Crippen LogP contribution in [0.1, 0.15) is 58.1 Å². The van der Waals surface area contributed by atoms with E-state index in [0.29, 0.717) is 24.6 Å². The van der Waals surface area contributed by atoms with Gasteiger partial charge in [0, 0.05) is 30.1 Å². The monoisotopic (exact) mass is 376 g/mol. The summed E-state index contributed by atoms with van der Waals surface area (Å²) in [4.78, 5) is 32.2. The molecule has 1 aliphatic heterocycles. The third-order valence-corrected chi connectivity index (χ3v) is 5.35. The van der Waals surface area contributed by atoms with E-state index in [4.69, 9.17) is 4.98 Å². The number of amides is 2. The van der Waals surface area contributed by atoms with Crippen molar-refractivity contribution in [1.82, 2.24) is 25.3 Å². The maximum Gasteiger partial charge on any atom is 0.278 e. The van der Waals surface area contributed by atoms with Crippen LogP contribution in [0.2, 0.25) is 0 Å². The van der Waals surface area contributed by atoms with Crippen LogP contribution in [-0.4, -0.2) is 50.2 Å². The molecule has 2 aliphatic rings. The average Bonchev–Trinajstić information content (AvgIpc) is 3.23. The number of carbonyl (C=O) groups is 2. The van der Waals surface area contributed by atoms with E-state index in [1.807, 2.05) is 30.3 Å². The quantitative estimate of drug-likeness (QED) is 0.729. The van der Waals surface area contributed by atoms with Gasteiger partial charge in [0.2, 0.25) is 0 Å². The fourth-order valence-electron chi connectivity index (χ4n) is 3.68. The van der Waals surface area contributed by atoms with Gasteiger partial charge in [-0.1, -0.05) is 18.2 Å². The first-order valence-electron chi connectivity index (χ1n) is 9.62. The molecule has 1 saturated carbocycles. The minimum Gasteiger partial charge on any atom is -0.337 e. The molecular weight excluding hydrogens is 356 g/mol. The molecule has 3 heterocycles. The first-order valence-corrected chi connectivity index (χ1v) is 9.62. The number of anilines is 1. The van der Waals surface area contributed by atoms with Gasteiger partial charge in [-0.05, 0) is 37.8 Å². The Morgan fingerprint density at radius 3 is 2.68 bits per heavy atom. The molecule has 1 saturated heterocycles. The lowest BCUT2D eigenvalue weighted by Gasteiger charge is -2.14. The van der Waals surface area contributed by atoms with Crippen LogP contribution >= 0.6 is 0 Å². The number of aromatic amines is 1. The van der Waals surface area contributed by atoms with E-state index >= 15 is 0 Å². The topological polar surface area (TPSA) is 104 Å². The zero-order valence-electron chi connectivity index (χ0n) is 15.3. The van der Waals surface area contributed by atoms with E-state index < -0.39 is 0 Å². The van der Waals surface area contributed by atoms with E-state index in [2.05, 4.69) is 20.7 Å². The SMILES string of the molecule is O=C(Nc1n[nH]nc1C(=O)N1CCCC1)c1cc(C2CC2)nc2ccccc12. The van der Waals surface area contributed by atoms with Crippen molar-refractivity contribution in [2.75, 3.05) is 18.4 Å². The maximum atomic E-state index is 13.1. The van der Waals surface area contributed by atoms with Crippen LogP contribution in [0.3, 0.4) is 0 Å². The molecule has 5 rings (SSSR count). The third-order valence-electron chi connectivity index (χ3n) is 5.35. The summed E-state index contributed by atoms with van der Waals surface area (Å²) < 4.78 is 0. The summed E-state index contributed by atoms with van der Waals surface area (Å²) in [5, 5.41) is 14.0. The lowest BCUT2D eigenvalue weighted by molar-refractivity contribution is 0.0788. The number of nitrogens with zero attached hydrogens (tertiary/aromatic N) is 4. The Kier molecular flexibility index (Phi) is 4.03. The maximum absolute atomic E-state index is 13.1. The minimum absolute atomic E-state index is 0.149. The van der Waals surface area contributed by atoms with Crippen LogP contribution in [0, 0.1) is 0 Å². The summed E-state index contributed by atoms with van der Waals surface area (Å²) in [5.41, 5.74) is 2.43. The number of fused-ring (bicyclic) bond motifs is 1. The molecule has 8 nitrogen and oxygen atoms in total. The van der Waals surface area contributed by atoms with Crippen LogP contribution in [0.25, 0.3) is 10.9 Å². The number of hydrogen-bond acceptors (Lipinski definition) is 5. The minimum atomic E-state index is -0.315. The van der Waals surface area contributed by atoms with Gasteiger partial charge in [-0.25, -0.2) is 0 Å². The Hall–Kier alpha value is -3.29. The van der Waals surface area contributed by atoms with E-state index in [-0.39, 0.29) is 23.3 Å². The predicted octanol–water partition coefficient (Wildman–Crippen LogP) is 2.72. The predicted molar refractivity (Wildman–Crippen MR) is 103 cm³/mol. The molecular formula is C20H20N6O2. The standard InChI is InChI=1S/C20H20N6O2/c27-19(22-18-17(23-25-24-18)20(28)26-9-3-4-10-26)14-11-16(12-7-8-12)21-15-6-2-1-5-13(14)15/h1-2,5-6,11-12H,3-4,7-10H2,(H2,22,23,24,25,27). The Labute approximate surface area is 161 Å². The van der Waals surface area contributed by atoms with Gasteiger partial charge in [0.05, 0.1) is 11.1 Å². The highest BCUT2D eigenvalue weighted by molar-refractivity contribution is 6.13. The molecule has 2 aromatic heterocycles. The second-order valence-corrected chi connectivity index (χ2v) is 7.36. The van der Waals surface area contributed by atoms with Crippen molar-refractivity contribution in [2.45, 2.75) is 31.6 Å². The van der Waals surface area contributed by atoms with Gasteiger partial charge in [0.1, 0.15) is 0 Å². The van der Waals surface area contributed by atoms with Gasteiger partial charge in [-0.2, -0.15) is 5.21 Å². The zero-order valence-corrected chi connectivity index (χ0v) is 15.3. The van der Waals surface area contributed by atoms with E-state index in [9.17, 15) is 9.59 Å². The molecule has 1 aromatic carbocycles. The molecule has 3 aromatic rings. The normalized spacial score (nSPS) is 16.5. The molecule has 0 bridgehead atoms. The zero-order chi connectivity index (χ0) is 19.1. The first kappa shape index (κ1) is 16.9. The number of pyridine rings is 1. The first-order chi connectivity index (χ1) is 13.7. The van der Waals surface area contributed by atoms with Crippen molar-refractivity contribution in [3.8, 4) is 0 Å². The van der Waals surface area contributed by atoms with Crippen molar-refractivity contribution in [1.29, 1.82) is 0 Å². The second-order valence-electron chi connectivity index (χ2n) is 7.36. The Bertz CT molecular complexity index is 1070. The molecule has 2 fully saturated rings. The van der Waals surface area contributed by atoms with E-state index in [1.54, 1.807) is 4.90 Å². The molecule has 0 unspecified atom stereocenters. The summed E-state index contributed by atoms with van der Waals surface area (Å²) in [6.45, 7) is 1.41. The number of rotatable bonds is 4. The Balaban J connectivity index is 1.47. The van der Waals surface area contributed by atoms with Gasteiger partial charge < -0.3 is 10.2 Å². The van der Waals surface area contributed by atoms with Gasteiger partial charge in [-0.3, -0.25) is 14.6 Å². The molecule has 8 heteroatoms. The van der Waals surface area contributed by atoms with Crippen LogP contribution in [0.5, 0.6) is 0 Å². The number of nitrogens with one attached hydrogen (secondary N) is 2. The van der Waals surface area contributed by atoms with Crippen molar-refractivity contribution < 1.29 is 9.59 Å². The molecule has 2 amide bonds. The smallest absolute Gasteiger partial charge is 0.278 e. The van der Waals surface area contributed by atoms with E-state index in [1.165, 1.54) is 0 Å². The second kappa shape index (κ2) is 6.70. The average molecular weight is 376 g/mol. The molecule has 1 aliphatic carbocycles. The van der Waals surface area contributed by atoms with Gasteiger partial charge in [-0.15, -0.1) is 10.2 Å². The number of carbonyl (C=O) groups excluding carboxylic acids is 2. The number of likely N-dealkylation sites (tertiary alicyclic amines) is 1. The van der Waals surface area contributed by atoms with Crippen LogP contribution < -0.4 is 5.32 Å². The summed E-state index contributed by atoms with van der Waals surface area (Å²) in [5.74, 6) is 0.0657. The highest BCUT2D eigenvalue weighted by Gasteiger charge is 2.29. The van der Waals surface area contributed by atoms with Gasteiger partial charge in [0.15, 0.2) is 11.5 Å². The van der Waals surface area contributed by atoms with E-state index in [0.717, 1.165) is 42.3 Å². The molecule has 0 spiro atoms. The number of benzene rings is 1. The molecule has 0 radical (unpaired) electrons. The summed E-state index contributed by atoms with van der Waals surface area (Å²) in [6, 6.07) is 9.45. The van der Waals surface area contributed by atoms with Crippen molar-refractivity contribution in [3.05, 3.63) is 47.3 Å². The number of H-pyrrole nitrogens is 1. The summed E-state index contributed by atoms with van der Waals surface area (Å²) in [6.07, 6.45) is 4.17. The molecule has 0 atom stereocenters. The largest absolute Gasteiger partial charge is 0.337 e. The fourth-order valence-corrected chi connectivity index (χ4v) is 3.68. The highest BCUT2D eigenvalue weighted by atomic mass is 16.2. The molecule has 2 N–H and O–H groups in total. The fraction of sp³-hybridized carbons (Fsp3) is 0.350. The summed E-state index contributed by atoms with van der Waals surface area (Å²) >= 11 is 0. The van der Waals surface area contributed by atoms with Gasteiger partial charge >= 0.3 is 0 Å². The van der Waals surface area contributed by atoms with Gasteiger partial charge in [0.25, 0.3) is 11.8 Å². The van der Waals surface area contributed by atoms with Crippen molar-refractivity contribution in [3.63, 3.8) is 0 Å². The van der Waals surface area contributed by atoms with Crippen molar-refractivity contribution >= 4 is 28.5 Å². The lowest BCUT2D eigenvalue weighted by Crippen LogP contribution is -2.29.